The Morgan fingerprint density at radius 3 is 2.69 bits per heavy atom. The molecule has 0 radical (unpaired) electrons. The lowest BCUT2D eigenvalue weighted by atomic mass is 10.1. The van der Waals surface area contributed by atoms with E-state index in [1.807, 2.05) is 6.07 Å². The van der Waals surface area contributed by atoms with E-state index < -0.39 is 10.8 Å². The van der Waals surface area contributed by atoms with E-state index in [0.717, 1.165) is 0 Å². The lowest BCUT2D eigenvalue weighted by Crippen LogP contribution is -2.14. The molecule has 10 heteroatoms. The number of benzene rings is 3. The van der Waals surface area contributed by atoms with Crippen LogP contribution in [0.2, 0.25) is 5.02 Å². The summed E-state index contributed by atoms with van der Waals surface area (Å²) < 4.78 is 11.8. The van der Waals surface area contributed by atoms with E-state index in [1.165, 1.54) is 25.3 Å². The maximum absolute atomic E-state index is 12.7. The first kappa shape index (κ1) is 25.7. The number of halogens is 2. The van der Waals surface area contributed by atoms with Crippen molar-refractivity contribution in [2.75, 3.05) is 12.4 Å². The molecule has 0 atom stereocenters. The van der Waals surface area contributed by atoms with Crippen LogP contribution in [0.4, 0.5) is 11.4 Å². The Morgan fingerprint density at radius 2 is 2.00 bits per heavy atom. The molecule has 1 N–H and O–H groups in total. The molecule has 0 saturated carbocycles. The first-order valence-electron chi connectivity index (χ1n) is 10.2. The number of hydrogen-bond acceptors (Lipinski definition) is 6. The van der Waals surface area contributed by atoms with E-state index >= 15 is 0 Å². The summed E-state index contributed by atoms with van der Waals surface area (Å²) in [5.74, 6) is 0.132. The zero-order valence-corrected chi connectivity index (χ0v) is 21.0. The SMILES string of the molecule is COc1cc(/C=C(/C#N)C(=O)Nc2cccc(Cl)c2C)cc(Br)c1OCc1cccc([N+](=O)[O-])c1. The van der Waals surface area contributed by atoms with E-state index in [9.17, 15) is 20.2 Å². The third kappa shape index (κ3) is 6.38. The number of anilines is 1. The minimum Gasteiger partial charge on any atom is -0.493 e. The summed E-state index contributed by atoms with van der Waals surface area (Å²) >= 11 is 9.53. The van der Waals surface area contributed by atoms with Gasteiger partial charge in [-0.1, -0.05) is 29.8 Å². The Morgan fingerprint density at radius 1 is 1.26 bits per heavy atom. The molecule has 0 spiro atoms. The van der Waals surface area contributed by atoms with Gasteiger partial charge in [-0.15, -0.1) is 0 Å². The fourth-order valence-electron chi connectivity index (χ4n) is 3.13. The van der Waals surface area contributed by atoms with Crippen LogP contribution in [0.5, 0.6) is 11.5 Å². The van der Waals surface area contributed by atoms with E-state index in [0.29, 0.717) is 43.4 Å². The fraction of sp³-hybridized carbons (Fsp3) is 0.120. The van der Waals surface area contributed by atoms with Crippen molar-refractivity contribution in [1.82, 2.24) is 0 Å². The normalized spacial score (nSPS) is 10.9. The van der Waals surface area contributed by atoms with Crippen LogP contribution < -0.4 is 14.8 Å². The number of nitro groups is 1. The minimum absolute atomic E-state index is 0.0344. The Bertz CT molecular complexity index is 1370. The molecule has 1 amide bonds. The van der Waals surface area contributed by atoms with Crippen molar-refractivity contribution in [3.05, 3.63) is 96.5 Å². The van der Waals surface area contributed by atoms with Gasteiger partial charge in [-0.2, -0.15) is 5.26 Å². The van der Waals surface area contributed by atoms with Gasteiger partial charge in [0.25, 0.3) is 11.6 Å². The molecule has 0 aliphatic heterocycles. The number of nitrogens with one attached hydrogen (secondary N) is 1. The van der Waals surface area contributed by atoms with E-state index in [4.69, 9.17) is 21.1 Å². The highest BCUT2D eigenvalue weighted by Gasteiger charge is 2.16. The molecule has 0 aliphatic carbocycles. The lowest BCUT2D eigenvalue weighted by molar-refractivity contribution is -0.384. The summed E-state index contributed by atoms with van der Waals surface area (Å²) in [6.07, 6.45) is 1.42. The van der Waals surface area contributed by atoms with Gasteiger partial charge in [-0.3, -0.25) is 14.9 Å². The third-order valence-electron chi connectivity index (χ3n) is 4.95. The zero-order chi connectivity index (χ0) is 25.5. The second-order valence-electron chi connectivity index (χ2n) is 7.29. The minimum atomic E-state index is -0.584. The highest BCUT2D eigenvalue weighted by atomic mass is 79.9. The van der Waals surface area contributed by atoms with Gasteiger partial charge in [-0.25, -0.2) is 0 Å². The lowest BCUT2D eigenvalue weighted by Gasteiger charge is -2.14. The molecule has 3 aromatic carbocycles. The van der Waals surface area contributed by atoms with Gasteiger partial charge in [0.05, 0.1) is 16.5 Å². The standard InChI is InChI=1S/C25H19BrClN3O5/c1-15-21(27)7-4-8-22(15)29-25(31)18(13-28)9-17-11-20(26)24(23(12-17)34-2)35-14-16-5-3-6-19(10-16)30(32)33/h3-12H,14H2,1-2H3,(H,29,31)/b18-9-. The van der Waals surface area contributed by atoms with Crippen LogP contribution in [0.3, 0.4) is 0 Å². The van der Waals surface area contributed by atoms with Gasteiger partial charge in [0.1, 0.15) is 18.2 Å². The van der Waals surface area contributed by atoms with E-state index in [2.05, 4.69) is 21.2 Å². The summed E-state index contributed by atoms with van der Waals surface area (Å²) in [6, 6.07) is 16.4. The van der Waals surface area contributed by atoms with E-state index in [1.54, 1.807) is 49.4 Å². The summed E-state index contributed by atoms with van der Waals surface area (Å²) in [4.78, 5) is 23.2. The molecule has 0 bridgehead atoms. The zero-order valence-electron chi connectivity index (χ0n) is 18.7. The number of carbonyl (C=O) groups excluding carboxylic acids is 1. The predicted octanol–water partition coefficient (Wildman–Crippen LogP) is 6.45. The third-order valence-corrected chi connectivity index (χ3v) is 5.95. The van der Waals surface area contributed by atoms with Crippen molar-refractivity contribution in [3.8, 4) is 17.6 Å². The van der Waals surface area contributed by atoms with Crippen LogP contribution in [0.15, 0.2) is 64.6 Å². The van der Waals surface area contributed by atoms with Gasteiger partial charge in [-0.05, 0) is 69.9 Å². The molecule has 0 fully saturated rings. The number of rotatable bonds is 8. The summed E-state index contributed by atoms with van der Waals surface area (Å²) in [5, 5.41) is 23.7. The number of nitro benzene ring substituents is 1. The molecule has 0 unspecified atom stereocenters. The van der Waals surface area contributed by atoms with Crippen molar-refractivity contribution in [2.45, 2.75) is 13.5 Å². The van der Waals surface area contributed by atoms with Crippen molar-refractivity contribution in [3.63, 3.8) is 0 Å². The van der Waals surface area contributed by atoms with Crippen LogP contribution in [-0.2, 0) is 11.4 Å². The Labute approximate surface area is 215 Å². The number of hydrogen-bond donors (Lipinski definition) is 1. The Hall–Kier alpha value is -3.87. The average Bonchev–Trinajstić information content (AvgIpc) is 2.84. The van der Waals surface area contributed by atoms with Crippen LogP contribution in [-0.4, -0.2) is 17.9 Å². The first-order valence-corrected chi connectivity index (χ1v) is 11.3. The predicted molar refractivity (Wildman–Crippen MR) is 137 cm³/mol. The largest absolute Gasteiger partial charge is 0.493 e. The summed E-state index contributed by atoms with van der Waals surface area (Å²) in [5.41, 5.74) is 2.17. The van der Waals surface area contributed by atoms with Gasteiger partial charge in [0.15, 0.2) is 11.5 Å². The van der Waals surface area contributed by atoms with Gasteiger partial charge >= 0.3 is 0 Å². The van der Waals surface area contributed by atoms with Crippen molar-refractivity contribution in [2.24, 2.45) is 0 Å². The first-order chi connectivity index (χ1) is 16.7. The quantitative estimate of drug-likeness (QED) is 0.148. The highest BCUT2D eigenvalue weighted by molar-refractivity contribution is 9.10. The van der Waals surface area contributed by atoms with E-state index in [-0.39, 0.29) is 17.9 Å². The number of nitrogens with zero attached hydrogens (tertiary/aromatic N) is 2. The molecule has 0 aromatic heterocycles. The molecular formula is C25H19BrClN3O5. The molecular weight excluding hydrogens is 538 g/mol. The Kier molecular flexibility index (Phi) is 8.47. The van der Waals surface area contributed by atoms with Crippen LogP contribution >= 0.6 is 27.5 Å². The number of methoxy groups -OCH3 is 1. The maximum Gasteiger partial charge on any atom is 0.269 e. The molecule has 3 rings (SSSR count). The van der Waals surface area contributed by atoms with Crippen molar-refractivity contribution in [1.29, 1.82) is 5.26 Å². The van der Waals surface area contributed by atoms with Crippen LogP contribution in [0, 0.1) is 28.4 Å². The topological polar surface area (TPSA) is 114 Å². The van der Waals surface area contributed by atoms with Crippen LogP contribution in [0.1, 0.15) is 16.7 Å². The molecule has 0 heterocycles. The molecule has 178 valence electrons. The summed E-state index contributed by atoms with van der Waals surface area (Å²) in [6.45, 7) is 1.83. The molecule has 8 nitrogen and oxygen atoms in total. The number of carbonyl (C=O) groups is 1. The van der Waals surface area contributed by atoms with Gasteiger partial charge < -0.3 is 14.8 Å². The summed E-state index contributed by atoms with van der Waals surface area (Å²) in [7, 11) is 1.45. The van der Waals surface area contributed by atoms with Gasteiger partial charge in [0.2, 0.25) is 0 Å². The molecule has 0 saturated heterocycles. The van der Waals surface area contributed by atoms with Crippen molar-refractivity contribution < 1.29 is 19.2 Å². The smallest absolute Gasteiger partial charge is 0.269 e. The number of amides is 1. The molecule has 0 aliphatic rings. The second kappa shape index (κ2) is 11.5. The number of non-ortho nitro benzene ring substituents is 1. The molecule has 3 aromatic rings. The fourth-order valence-corrected chi connectivity index (χ4v) is 3.88. The Balaban J connectivity index is 1.83. The highest BCUT2D eigenvalue weighted by Crippen LogP contribution is 2.38. The number of ether oxygens (including phenoxy) is 2. The van der Waals surface area contributed by atoms with Crippen molar-refractivity contribution >= 4 is 50.9 Å². The average molecular weight is 557 g/mol. The molecule has 35 heavy (non-hydrogen) atoms. The monoisotopic (exact) mass is 555 g/mol. The van der Waals surface area contributed by atoms with Gasteiger partial charge in [0, 0.05) is 22.8 Å². The maximum atomic E-state index is 12.7. The number of nitriles is 1. The van der Waals surface area contributed by atoms with Crippen LogP contribution in [0.25, 0.3) is 6.08 Å². The second-order valence-corrected chi connectivity index (χ2v) is 8.55.